The van der Waals surface area contributed by atoms with E-state index in [4.69, 9.17) is 0 Å². The Hall–Kier alpha value is -3.49. The predicted octanol–water partition coefficient (Wildman–Crippen LogP) is 6.98. The highest BCUT2D eigenvalue weighted by molar-refractivity contribution is 5.88. The number of aromatic amines is 1. The summed E-state index contributed by atoms with van der Waals surface area (Å²) in [5, 5.41) is 2.97. The molecule has 2 N–H and O–H groups in total. The Bertz CT molecular complexity index is 1100. The van der Waals surface area contributed by atoms with Crippen LogP contribution in [-0.2, 0) is 9.53 Å². The number of fused-ring (bicyclic) bond motifs is 1. The van der Waals surface area contributed by atoms with E-state index in [1.54, 1.807) is 24.3 Å². The van der Waals surface area contributed by atoms with E-state index in [0.717, 1.165) is 17.0 Å². The molecule has 3 aromatic rings. The van der Waals surface area contributed by atoms with Crippen LogP contribution in [0.5, 0.6) is 5.75 Å². The molecule has 0 saturated heterocycles. The van der Waals surface area contributed by atoms with Crippen LogP contribution in [0, 0.1) is 5.92 Å². The number of anilines is 2. The zero-order valence-corrected chi connectivity index (χ0v) is 19.1. The molecule has 4 rings (SSSR count). The van der Waals surface area contributed by atoms with Gasteiger partial charge in [0.05, 0.1) is 18.1 Å². The van der Waals surface area contributed by atoms with Crippen LogP contribution in [0.1, 0.15) is 44.6 Å². The first kappa shape index (κ1) is 25.1. The fourth-order valence-corrected chi connectivity index (χ4v) is 3.61. The normalized spacial score (nSPS) is 14.5. The number of ether oxygens (including phenoxy) is 2. The van der Waals surface area contributed by atoms with Gasteiger partial charge in [-0.05, 0) is 54.0 Å². The average Bonchev–Trinajstić information content (AvgIpc) is 3.20. The number of benzene rings is 2. The van der Waals surface area contributed by atoms with Crippen molar-refractivity contribution < 1.29 is 27.4 Å². The van der Waals surface area contributed by atoms with E-state index in [1.165, 1.54) is 69.6 Å². The first-order valence-electron chi connectivity index (χ1n) is 11.1. The Labute approximate surface area is 196 Å². The number of halogens is 3. The van der Waals surface area contributed by atoms with Gasteiger partial charge in [0.15, 0.2) is 0 Å². The number of hydrogen-bond donors (Lipinski definition) is 2. The topological polar surface area (TPSA) is 76.2 Å². The van der Waals surface area contributed by atoms with Crippen molar-refractivity contribution in [1.29, 1.82) is 0 Å². The maximum Gasteiger partial charge on any atom is 0.573 e. The summed E-state index contributed by atoms with van der Waals surface area (Å²) in [6.45, 7) is 2.36. The Morgan fingerprint density at radius 1 is 1.12 bits per heavy atom. The number of imidazole rings is 1. The van der Waals surface area contributed by atoms with Crippen LogP contribution < -0.4 is 10.1 Å². The Kier molecular flexibility index (Phi) is 8.56. The molecule has 1 saturated carbocycles. The molecule has 6 nitrogen and oxygen atoms in total. The van der Waals surface area contributed by atoms with Gasteiger partial charge in [-0.1, -0.05) is 45.1 Å². The largest absolute Gasteiger partial charge is 0.573 e. The van der Waals surface area contributed by atoms with Crippen molar-refractivity contribution in [2.75, 3.05) is 12.4 Å². The second kappa shape index (κ2) is 11.6. The van der Waals surface area contributed by atoms with Crippen molar-refractivity contribution in [3.8, 4) is 5.75 Å². The van der Waals surface area contributed by atoms with Gasteiger partial charge in [-0.25, -0.2) is 9.78 Å². The first-order chi connectivity index (χ1) is 16.2. The van der Waals surface area contributed by atoms with Gasteiger partial charge in [0, 0.05) is 11.8 Å². The molecule has 0 amide bonds. The second-order valence-electron chi connectivity index (χ2n) is 8.16. The summed E-state index contributed by atoms with van der Waals surface area (Å²) in [4.78, 5) is 18.6. The minimum absolute atomic E-state index is 0.306. The molecule has 9 heteroatoms. The quantitative estimate of drug-likeness (QED) is 0.308. The van der Waals surface area contributed by atoms with E-state index in [9.17, 15) is 18.0 Å². The lowest BCUT2D eigenvalue weighted by molar-refractivity contribution is -0.274. The lowest BCUT2D eigenvalue weighted by Gasteiger charge is -2.15. The summed E-state index contributed by atoms with van der Waals surface area (Å²) in [6.07, 6.45) is 5.63. The molecule has 0 radical (unpaired) electrons. The standard InChI is InChI=1S/C18H14F3N3O3.C7H14/c1-26-16(25)9-3-11-2-8-14-15(10-11)24-17(23-14)22-12-4-6-13(7-5-12)27-18(19,20)21;1-7-5-3-2-4-6-7/h2-10H,1H3,(H2,22,23,24);7H,2-6H2,1H3/b9-3+;. The lowest BCUT2D eigenvalue weighted by Crippen LogP contribution is -2.16. The van der Waals surface area contributed by atoms with E-state index in [1.807, 2.05) is 0 Å². The smallest absolute Gasteiger partial charge is 0.466 e. The van der Waals surface area contributed by atoms with Gasteiger partial charge < -0.3 is 19.8 Å². The molecule has 0 spiro atoms. The molecule has 1 aliphatic carbocycles. The lowest BCUT2D eigenvalue weighted by atomic mass is 9.91. The summed E-state index contributed by atoms with van der Waals surface area (Å²) < 4.78 is 44.9. The Balaban J connectivity index is 0.000000396. The van der Waals surface area contributed by atoms with Gasteiger partial charge in [-0.3, -0.25) is 0 Å². The number of carbonyl (C=O) groups excluding carboxylic acids is 1. The molecule has 1 heterocycles. The zero-order chi connectivity index (χ0) is 24.6. The van der Waals surface area contributed by atoms with Crippen molar-refractivity contribution in [2.45, 2.75) is 45.4 Å². The van der Waals surface area contributed by atoms with Gasteiger partial charge >= 0.3 is 12.3 Å². The third-order valence-corrected chi connectivity index (χ3v) is 5.36. The highest BCUT2D eigenvalue weighted by atomic mass is 19.4. The van der Waals surface area contributed by atoms with Crippen LogP contribution in [0.25, 0.3) is 17.1 Å². The summed E-state index contributed by atoms with van der Waals surface area (Å²) in [5.74, 6) is 0.692. The fourth-order valence-electron chi connectivity index (χ4n) is 3.61. The second-order valence-corrected chi connectivity index (χ2v) is 8.16. The average molecular weight is 476 g/mol. The Morgan fingerprint density at radius 2 is 1.82 bits per heavy atom. The van der Waals surface area contributed by atoms with E-state index in [-0.39, 0.29) is 5.75 Å². The molecule has 2 aromatic carbocycles. The van der Waals surface area contributed by atoms with Crippen LogP contribution in [0.4, 0.5) is 24.8 Å². The number of alkyl halides is 3. The van der Waals surface area contributed by atoms with Crippen molar-refractivity contribution in [3.63, 3.8) is 0 Å². The zero-order valence-electron chi connectivity index (χ0n) is 19.1. The minimum atomic E-state index is -4.73. The predicted molar refractivity (Wildman–Crippen MR) is 126 cm³/mol. The number of nitrogens with zero attached hydrogens (tertiary/aromatic N) is 1. The monoisotopic (exact) mass is 475 g/mol. The molecule has 1 aliphatic rings. The van der Waals surface area contributed by atoms with Crippen molar-refractivity contribution in [1.82, 2.24) is 9.97 Å². The van der Waals surface area contributed by atoms with Gasteiger partial charge in [0.2, 0.25) is 5.95 Å². The molecule has 0 bridgehead atoms. The number of H-pyrrole nitrogens is 1. The van der Waals surface area contributed by atoms with E-state index < -0.39 is 12.3 Å². The van der Waals surface area contributed by atoms with E-state index >= 15 is 0 Å². The molecular weight excluding hydrogens is 447 g/mol. The Morgan fingerprint density at radius 3 is 2.41 bits per heavy atom. The molecule has 34 heavy (non-hydrogen) atoms. The maximum atomic E-state index is 12.2. The van der Waals surface area contributed by atoms with Crippen LogP contribution >= 0.6 is 0 Å². The van der Waals surface area contributed by atoms with Gasteiger partial charge in [0.1, 0.15) is 5.75 Å². The number of carbonyl (C=O) groups is 1. The molecule has 0 aliphatic heterocycles. The van der Waals surface area contributed by atoms with Crippen molar-refractivity contribution >= 4 is 34.7 Å². The van der Waals surface area contributed by atoms with Crippen LogP contribution in [0.15, 0.2) is 48.5 Å². The third-order valence-electron chi connectivity index (χ3n) is 5.36. The molecule has 0 atom stereocenters. The number of rotatable bonds is 5. The number of methoxy groups -OCH3 is 1. The van der Waals surface area contributed by atoms with E-state index in [0.29, 0.717) is 17.2 Å². The van der Waals surface area contributed by atoms with Crippen molar-refractivity contribution in [3.05, 3.63) is 54.1 Å². The summed E-state index contributed by atoms with van der Waals surface area (Å²) in [6, 6.07) is 10.6. The number of nitrogens with one attached hydrogen (secondary N) is 2. The number of hydrogen-bond acceptors (Lipinski definition) is 5. The van der Waals surface area contributed by atoms with E-state index in [2.05, 4.69) is 31.7 Å². The SMILES string of the molecule is CC1CCCCC1.COC(=O)/C=C/c1ccc2nc(Nc3ccc(OC(F)(F)F)cc3)[nH]c2c1. The van der Waals surface area contributed by atoms with Crippen LogP contribution in [-0.4, -0.2) is 29.4 Å². The molecule has 1 fully saturated rings. The summed E-state index contributed by atoms with van der Waals surface area (Å²) in [7, 11) is 1.30. The number of esters is 1. The molecule has 182 valence electrons. The molecule has 1 aromatic heterocycles. The molecular formula is C25H28F3N3O3. The van der Waals surface area contributed by atoms with Gasteiger partial charge in [0.25, 0.3) is 0 Å². The summed E-state index contributed by atoms with van der Waals surface area (Å²) >= 11 is 0. The van der Waals surface area contributed by atoms with Crippen molar-refractivity contribution in [2.24, 2.45) is 5.92 Å². The minimum Gasteiger partial charge on any atom is -0.466 e. The third kappa shape index (κ3) is 8.13. The maximum absolute atomic E-state index is 12.2. The summed E-state index contributed by atoms with van der Waals surface area (Å²) in [5.41, 5.74) is 2.72. The highest BCUT2D eigenvalue weighted by Crippen LogP contribution is 2.26. The van der Waals surface area contributed by atoms with Crippen LogP contribution in [0.2, 0.25) is 0 Å². The van der Waals surface area contributed by atoms with Gasteiger partial charge in [-0.15, -0.1) is 13.2 Å². The fraction of sp³-hybridized carbons (Fsp3) is 0.360. The van der Waals surface area contributed by atoms with Crippen LogP contribution in [0.3, 0.4) is 0 Å². The number of aromatic nitrogens is 2. The molecule has 0 unspecified atom stereocenters. The highest BCUT2D eigenvalue weighted by Gasteiger charge is 2.30. The first-order valence-corrected chi connectivity index (χ1v) is 11.1. The van der Waals surface area contributed by atoms with Gasteiger partial charge in [-0.2, -0.15) is 0 Å².